The molecular formula is C19H18F3NO3. The van der Waals surface area contributed by atoms with Crippen molar-refractivity contribution >= 4 is 12.0 Å². The van der Waals surface area contributed by atoms with Crippen LogP contribution in [0.1, 0.15) is 11.1 Å². The first-order chi connectivity index (χ1) is 12.5. The van der Waals surface area contributed by atoms with E-state index in [0.717, 1.165) is 5.56 Å². The molecule has 2 aromatic carbocycles. The van der Waals surface area contributed by atoms with Gasteiger partial charge in [0, 0.05) is 12.6 Å². The largest absolute Gasteiger partial charge is 0.493 e. The van der Waals surface area contributed by atoms with E-state index < -0.39 is 6.61 Å². The van der Waals surface area contributed by atoms with Crippen LogP contribution in [0.4, 0.5) is 13.2 Å². The fourth-order valence-corrected chi connectivity index (χ4v) is 2.23. The first-order valence-electron chi connectivity index (χ1n) is 7.81. The summed E-state index contributed by atoms with van der Waals surface area (Å²) in [5, 5.41) is 2.69. The van der Waals surface area contributed by atoms with Gasteiger partial charge in [0.1, 0.15) is 5.82 Å². The lowest BCUT2D eigenvalue weighted by atomic mass is 10.1. The fourth-order valence-electron chi connectivity index (χ4n) is 2.23. The monoisotopic (exact) mass is 365 g/mol. The Morgan fingerprint density at radius 1 is 1.19 bits per heavy atom. The maximum absolute atomic E-state index is 13.0. The van der Waals surface area contributed by atoms with Gasteiger partial charge in [0.25, 0.3) is 0 Å². The van der Waals surface area contributed by atoms with Crippen LogP contribution in [-0.4, -0.2) is 26.2 Å². The van der Waals surface area contributed by atoms with E-state index in [4.69, 9.17) is 4.74 Å². The van der Waals surface area contributed by atoms with Crippen molar-refractivity contribution in [2.45, 2.75) is 13.0 Å². The standard InChI is InChI=1S/C19H18F3NO3/c1-25-17-12-14(5-7-16(17)26-19(21)22)9-10-23-18(24)8-6-13-3-2-4-15(20)11-13/h2-8,11-12,19H,9-10H2,1H3,(H,23,24)/b8-6+. The van der Waals surface area contributed by atoms with Gasteiger partial charge in [-0.25, -0.2) is 4.39 Å². The Kier molecular flexibility index (Phi) is 7.08. The number of methoxy groups -OCH3 is 1. The number of alkyl halides is 2. The van der Waals surface area contributed by atoms with Crippen molar-refractivity contribution in [3.63, 3.8) is 0 Å². The number of amides is 1. The second-order valence-electron chi connectivity index (χ2n) is 5.29. The third kappa shape index (κ3) is 6.16. The molecule has 2 aromatic rings. The van der Waals surface area contributed by atoms with Gasteiger partial charge in [-0.3, -0.25) is 4.79 Å². The number of carbonyl (C=O) groups is 1. The molecule has 0 atom stereocenters. The molecule has 2 rings (SSSR count). The molecule has 0 fully saturated rings. The Morgan fingerprint density at radius 3 is 2.69 bits per heavy atom. The van der Waals surface area contributed by atoms with Gasteiger partial charge in [-0.1, -0.05) is 18.2 Å². The molecule has 0 bridgehead atoms. The van der Waals surface area contributed by atoms with E-state index in [1.807, 2.05) is 0 Å². The lowest BCUT2D eigenvalue weighted by Gasteiger charge is -2.11. The number of carbonyl (C=O) groups excluding carboxylic acids is 1. The Morgan fingerprint density at radius 2 is 2.00 bits per heavy atom. The molecular weight excluding hydrogens is 347 g/mol. The quantitative estimate of drug-likeness (QED) is 0.724. The molecule has 26 heavy (non-hydrogen) atoms. The van der Waals surface area contributed by atoms with E-state index in [2.05, 4.69) is 10.1 Å². The smallest absolute Gasteiger partial charge is 0.387 e. The zero-order valence-electron chi connectivity index (χ0n) is 14.0. The van der Waals surface area contributed by atoms with Gasteiger partial charge in [-0.15, -0.1) is 0 Å². The molecule has 0 aliphatic heterocycles. The van der Waals surface area contributed by atoms with Gasteiger partial charge < -0.3 is 14.8 Å². The summed E-state index contributed by atoms with van der Waals surface area (Å²) in [6.07, 6.45) is 3.30. The Balaban J connectivity index is 1.86. The van der Waals surface area contributed by atoms with Gasteiger partial charge >= 0.3 is 6.61 Å². The van der Waals surface area contributed by atoms with Crippen molar-refractivity contribution in [1.82, 2.24) is 5.32 Å². The van der Waals surface area contributed by atoms with Gasteiger partial charge in [0.2, 0.25) is 5.91 Å². The number of benzene rings is 2. The Hall–Kier alpha value is -2.96. The summed E-state index contributed by atoms with van der Waals surface area (Å²) in [5.74, 6) is -0.548. The van der Waals surface area contributed by atoms with E-state index in [1.54, 1.807) is 24.3 Å². The molecule has 1 amide bonds. The molecule has 0 spiro atoms. The summed E-state index contributed by atoms with van der Waals surface area (Å²) in [6.45, 7) is -2.59. The van der Waals surface area contributed by atoms with Gasteiger partial charge in [-0.05, 0) is 47.9 Å². The minimum absolute atomic E-state index is 0.0479. The minimum Gasteiger partial charge on any atom is -0.493 e. The SMILES string of the molecule is COc1cc(CCNC(=O)/C=C/c2cccc(F)c2)ccc1OC(F)F. The molecule has 0 unspecified atom stereocenters. The molecule has 1 N–H and O–H groups in total. The zero-order valence-corrected chi connectivity index (χ0v) is 14.0. The summed E-state index contributed by atoms with van der Waals surface area (Å²) in [6, 6.07) is 10.5. The number of hydrogen-bond acceptors (Lipinski definition) is 3. The molecule has 7 heteroatoms. The Labute approximate surface area is 149 Å². The molecule has 0 aliphatic carbocycles. The number of nitrogens with one attached hydrogen (secondary N) is 1. The van der Waals surface area contributed by atoms with Crippen LogP contribution in [0.2, 0.25) is 0 Å². The molecule has 0 saturated heterocycles. The number of halogens is 3. The molecule has 0 aliphatic rings. The lowest BCUT2D eigenvalue weighted by Crippen LogP contribution is -2.23. The highest BCUT2D eigenvalue weighted by atomic mass is 19.3. The van der Waals surface area contributed by atoms with Crippen LogP contribution in [0.5, 0.6) is 11.5 Å². The van der Waals surface area contributed by atoms with Crippen LogP contribution in [0, 0.1) is 5.82 Å². The summed E-state index contributed by atoms with van der Waals surface area (Å²) in [4.78, 5) is 11.8. The highest BCUT2D eigenvalue weighted by Gasteiger charge is 2.11. The number of hydrogen-bond donors (Lipinski definition) is 1. The van der Waals surface area contributed by atoms with Crippen LogP contribution >= 0.6 is 0 Å². The third-order valence-electron chi connectivity index (χ3n) is 3.43. The third-order valence-corrected chi connectivity index (χ3v) is 3.43. The van der Waals surface area contributed by atoms with E-state index in [-0.39, 0.29) is 23.2 Å². The van der Waals surface area contributed by atoms with Crippen molar-refractivity contribution in [2.75, 3.05) is 13.7 Å². The van der Waals surface area contributed by atoms with Crippen molar-refractivity contribution < 1.29 is 27.4 Å². The molecule has 0 aromatic heterocycles. The molecule has 0 heterocycles. The predicted molar refractivity (Wildman–Crippen MR) is 91.8 cm³/mol. The Bertz CT molecular complexity index is 778. The summed E-state index contributed by atoms with van der Waals surface area (Å²) < 4.78 is 47.0. The molecule has 138 valence electrons. The summed E-state index contributed by atoms with van der Waals surface area (Å²) in [7, 11) is 1.36. The fraction of sp³-hybridized carbons (Fsp3) is 0.211. The predicted octanol–water partition coefficient (Wildman–Crippen LogP) is 3.81. The first kappa shape index (κ1) is 19.4. The van der Waals surface area contributed by atoms with E-state index >= 15 is 0 Å². The van der Waals surface area contributed by atoms with E-state index in [0.29, 0.717) is 18.5 Å². The van der Waals surface area contributed by atoms with Crippen molar-refractivity contribution in [3.8, 4) is 11.5 Å². The molecule has 4 nitrogen and oxygen atoms in total. The summed E-state index contributed by atoms with van der Waals surface area (Å²) in [5.41, 5.74) is 1.37. The van der Waals surface area contributed by atoms with Crippen molar-refractivity contribution in [3.05, 3.63) is 65.5 Å². The average Bonchev–Trinajstić information content (AvgIpc) is 2.61. The topological polar surface area (TPSA) is 47.6 Å². The maximum atomic E-state index is 13.0. The van der Waals surface area contributed by atoms with Gasteiger partial charge in [0.15, 0.2) is 11.5 Å². The first-order valence-corrected chi connectivity index (χ1v) is 7.81. The highest BCUT2D eigenvalue weighted by Crippen LogP contribution is 2.29. The second kappa shape index (κ2) is 9.50. The van der Waals surface area contributed by atoms with Crippen LogP contribution < -0.4 is 14.8 Å². The zero-order chi connectivity index (χ0) is 18.9. The van der Waals surface area contributed by atoms with Crippen LogP contribution in [-0.2, 0) is 11.2 Å². The van der Waals surface area contributed by atoms with Gasteiger partial charge in [-0.2, -0.15) is 8.78 Å². The lowest BCUT2D eigenvalue weighted by molar-refractivity contribution is -0.116. The van der Waals surface area contributed by atoms with Crippen LogP contribution in [0.25, 0.3) is 6.08 Å². The highest BCUT2D eigenvalue weighted by molar-refractivity contribution is 5.91. The second-order valence-corrected chi connectivity index (χ2v) is 5.29. The number of rotatable bonds is 8. The van der Waals surface area contributed by atoms with E-state index in [9.17, 15) is 18.0 Å². The maximum Gasteiger partial charge on any atom is 0.387 e. The summed E-state index contributed by atoms with van der Waals surface area (Å²) >= 11 is 0. The van der Waals surface area contributed by atoms with Crippen LogP contribution in [0.15, 0.2) is 48.5 Å². The normalized spacial score (nSPS) is 11.0. The molecule has 0 radical (unpaired) electrons. The van der Waals surface area contributed by atoms with Crippen molar-refractivity contribution in [1.29, 1.82) is 0 Å². The van der Waals surface area contributed by atoms with Crippen molar-refractivity contribution in [2.24, 2.45) is 0 Å². The van der Waals surface area contributed by atoms with E-state index in [1.165, 1.54) is 37.5 Å². The van der Waals surface area contributed by atoms with Gasteiger partial charge in [0.05, 0.1) is 7.11 Å². The molecule has 0 saturated carbocycles. The minimum atomic E-state index is -2.93. The average molecular weight is 365 g/mol. The van der Waals surface area contributed by atoms with Crippen LogP contribution in [0.3, 0.4) is 0 Å². The number of ether oxygens (including phenoxy) is 2.